The number of anilines is 1. The van der Waals surface area contributed by atoms with Crippen LogP contribution in [0, 0.1) is 0 Å². The Morgan fingerprint density at radius 3 is 2.48 bits per heavy atom. The summed E-state index contributed by atoms with van der Waals surface area (Å²) in [7, 11) is 0. The Balaban J connectivity index is 1.50. The van der Waals surface area contributed by atoms with Crippen molar-refractivity contribution in [1.82, 2.24) is 14.9 Å². The maximum Gasteiger partial charge on any atom is 0.407 e. The summed E-state index contributed by atoms with van der Waals surface area (Å²) in [6.45, 7) is 8.08. The summed E-state index contributed by atoms with van der Waals surface area (Å²) in [4.78, 5) is 19.4. The maximum absolute atomic E-state index is 12.1. The summed E-state index contributed by atoms with van der Waals surface area (Å²) >= 11 is 3.51. The van der Waals surface area contributed by atoms with Gasteiger partial charge in [-0.2, -0.15) is 0 Å². The highest BCUT2D eigenvalue weighted by Gasteiger charge is 2.26. The fourth-order valence-electron chi connectivity index (χ4n) is 3.93. The van der Waals surface area contributed by atoms with E-state index in [0.29, 0.717) is 0 Å². The van der Waals surface area contributed by atoms with Crippen molar-refractivity contribution >= 4 is 39.0 Å². The Kier molecular flexibility index (Phi) is 6.23. The monoisotopic (exact) mass is 484 g/mol. The SMILES string of the molecule is CC(C)(C)OC(=O)NC1CCN(c2nc3ccccc3n2Cc2ccc(Br)cc2)CC1. The molecule has 7 heteroatoms. The van der Waals surface area contributed by atoms with Crippen LogP contribution < -0.4 is 10.2 Å². The molecule has 0 radical (unpaired) electrons. The second-order valence-corrected chi connectivity index (χ2v) is 9.94. The van der Waals surface area contributed by atoms with Gasteiger partial charge in [-0.3, -0.25) is 0 Å². The number of nitrogens with zero attached hydrogens (tertiary/aromatic N) is 3. The summed E-state index contributed by atoms with van der Waals surface area (Å²) in [5.74, 6) is 0.986. The highest BCUT2D eigenvalue weighted by atomic mass is 79.9. The molecule has 2 aromatic carbocycles. The Morgan fingerprint density at radius 2 is 1.81 bits per heavy atom. The largest absolute Gasteiger partial charge is 0.444 e. The van der Waals surface area contributed by atoms with E-state index in [1.54, 1.807) is 0 Å². The highest BCUT2D eigenvalue weighted by molar-refractivity contribution is 9.10. The number of hydrogen-bond acceptors (Lipinski definition) is 4. The molecule has 6 nitrogen and oxygen atoms in total. The standard InChI is InChI=1S/C24H29BrN4O2/c1-24(2,3)31-23(30)26-19-12-14-28(15-13-19)22-27-20-6-4-5-7-21(20)29(22)16-17-8-10-18(25)11-9-17/h4-11,19H,12-16H2,1-3H3,(H,26,30). The molecule has 1 aromatic heterocycles. The molecule has 1 saturated heterocycles. The van der Waals surface area contributed by atoms with Gasteiger partial charge in [0.2, 0.25) is 5.95 Å². The molecule has 0 bridgehead atoms. The van der Waals surface area contributed by atoms with Crippen LogP contribution in [0.15, 0.2) is 53.0 Å². The van der Waals surface area contributed by atoms with Crippen molar-refractivity contribution in [3.63, 3.8) is 0 Å². The van der Waals surface area contributed by atoms with Gasteiger partial charge in [0.05, 0.1) is 17.6 Å². The number of halogens is 1. The third-order valence-corrected chi connectivity index (χ3v) is 5.92. The second kappa shape index (κ2) is 8.91. The molecule has 0 saturated carbocycles. The number of imidazole rings is 1. The Bertz CT molecular complexity index is 1050. The lowest BCUT2D eigenvalue weighted by molar-refractivity contribution is 0.0497. The minimum absolute atomic E-state index is 0.121. The van der Waals surface area contributed by atoms with Crippen molar-refractivity contribution in [3.05, 3.63) is 58.6 Å². The van der Waals surface area contributed by atoms with Gasteiger partial charge in [-0.05, 0) is 63.4 Å². The first-order valence-electron chi connectivity index (χ1n) is 10.7. The molecule has 0 unspecified atom stereocenters. The van der Waals surface area contributed by atoms with Crippen molar-refractivity contribution < 1.29 is 9.53 Å². The van der Waals surface area contributed by atoms with Crippen LogP contribution in [0.4, 0.5) is 10.7 Å². The summed E-state index contributed by atoms with van der Waals surface area (Å²) in [6.07, 6.45) is 1.38. The van der Waals surface area contributed by atoms with Crippen LogP contribution in [-0.4, -0.2) is 40.4 Å². The van der Waals surface area contributed by atoms with Gasteiger partial charge >= 0.3 is 6.09 Å². The molecule has 164 valence electrons. The van der Waals surface area contributed by atoms with E-state index < -0.39 is 5.60 Å². The summed E-state index contributed by atoms with van der Waals surface area (Å²) < 4.78 is 8.77. The minimum Gasteiger partial charge on any atom is -0.444 e. The molecule has 3 aromatic rings. The number of benzene rings is 2. The number of piperidine rings is 1. The molecule has 0 spiro atoms. The molecule has 1 amide bonds. The molecule has 1 N–H and O–H groups in total. The van der Waals surface area contributed by atoms with Crippen LogP contribution in [0.1, 0.15) is 39.2 Å². The molecular weight excluding hydrogens is 456 g/mol. The number of rotatable bonds is 4. The predicted molar refractivity (Wildman–Crippen MR) is 128 cm³/mol. The molecule has 0 atom stereocenters. The number of amides is 1. The molecular formula is C24H29BrN4O2. The summed E-state index contributed by atoms with van der Waals surface area (Å²) in [5, 5.41) is 3.01. The summed E-state index contributed by atoms with van der Waals surface area (Å²) in [5.41, 5.74) is 2.88. The molecule has 1 aliphatic heterocycles. The van der Waals surface area contributed by atoms with Crippen LogP contribution in [0.2, 0.25) is 0 Å². The Labute approximate surface area is 191 Å². The first kappa shape index (κ1) is 21.7. The van der Waals surface area contributed by atoms with Gasteiger partial charge in [0.1, 0.15) is 5.60 Å². The third-order valence-electron chi connectivity index (χ3n) is 5.39. The van der Waals surface area contributed by atoms with Crippen molar-refractivity contribution in [3.8, 4) is 0 Å². The van der Waals surface area contributed by atoms with E-state index >= 15 is 0 Å². The average molecular weight is 485 g/mol. The van der Waals surface area contributed by atoms with Gasteiger partial charge in [0.15, 0.2) is 0 Å². The van der Waals surface area contributed by atoms with Gasteiger partial charge in [-0.1, -0.05) is 40.2 Å². The predicted octanol–water partition coefficient (Wildman–Crippen LogP) is 5.34. The van der Waals surface area contributed by atoms with E-state index in [1.165, 1.54) is 5.56 Å². The van der Waals surface area contributed by atoms with Crippen molar-refractivity contribution in [2.24, 2.45) is 0 Å². The maximum atomic E-state index is 12.1. The van der Waals surface area contributed by atoms with E-state index in [1.807, 2.05) is 26.8 Å². The van der Waals surface area contributed by atoms with Gasteiger partial charge in [-0.15, -0.1) is 0 Å². The lowest BCUT2D eigenvalue weighted by atomic mass is 10.1. The first-order valence-corrected chi connectivity index (χ1v) is 11.5. The van der Waals surface area contributed by atoms with Crippen LogP contribution in [-0.2, 0) is 11.3 Å². The number of ether oxygens (including phenoxy) is 1. The lowest BCUT2D eigenvalue weighted by Crippen LogP contribution is -2.46. The molecule has 1 aliphatic rings. The van der Waals surface area contributed by atoms with Crippen LogP contribution in [0.3, 0.4) is 0 Å². The Hall–Kier alpha value is -2.54. The smallest absolute Gasteiger partial charge is 0.407 e. The number of alkyl carbamates (subject to hydrolysis) is 1. The number of carbonyl (C=O) groups excluding carboxylic acids is 1. The van der Waals surface area contributed by atoms with E-state index in [4.69, 9.17) is 9.72 Å². The fraction of sp³-hybridized carbons (Fsp3) is 0.417. The highest BCUT2D eigenvalue weighted by Crippen LogP contribution is 2.27. The van der Waals surface area contributed by atoms with Gasteiger partial charge in [0, 0.05) is 23.6 Å². The number of fused-ring (bicyclic) bond motifs is 1. The number of aromatic nitrogens is 2. The van der Waals surface area contributed by atoms with Gasteiger partial charge in [0.25, 0.3) is 0 Å². The second-order valence-electron chi connectivity index (χ2n) is 9.02. The van der Waals surface area contributed by atoms with Crippen molar-refractivity contribution in [1.29, 1.82) is 0 Å². The first-order chi connectivity index (χ1) is 14.8. The van der Waals surface area contributed by atoms with E-state index in [2.05, 4.69) is 73.2 Å². The average Bonchev–Trinajstić information content (AvgIpc) is 3.07. The molecule has 1 fully saturated rings. The quantitative estimate of drug-likeness (QED) is 0.542. The zero-order valence-corrected chi connectivity index (χ0v) is 19.9. The van der Waals surface area contributed by atoms with E-state index in [-0.39, 0.29) is 12.1 Å². The van der Waals surface area contributed by atoms with Crippen LogP contribution in [0.5, 0.6) is 0 Å². The lowest BCUT2D eigenvalue weighted by Gasteiger charge is -2.33. The summed E-state index contributed by atoms with van der Waals surface area (Å²) in [6, 6.07) is 16.8. The van der Waals surface area contributed by atoms with Crippen molar-refractivity contribution in [2.45, 2.75) is 51.8 Å². The van der Waals surface area contributed by atoms with E-state index in [9.17, 15) is 4.79 Å². The number of hydrogen-bond donors (Lipinski definition) is 1. The number of carbonyl (C=O) groups is 1. The third kappa shape index (κ3) is 5.39. The molecule has 2 heterocycles. The number of para-hydroxylation sites is 2. The zero-order valence-electron chi connectivity index (χ0n) is 18.3. The van der Waals surface area contributed by atoms with Gasteiger partial charge in [-0.25, -0.2) is 9.78 Å². The molecule has 31 heavy (non-hydrogen) atoms. The van der Waals surface area contributed by atoms with Gasteiger partial charge < -0.3 is 19.5 Å². The van der Waals surface area contributed by atoms with Crippen molar-refractivity contribution in [2.75, 3.05) is 18.0 Å². The molecule has 4 rings (SSSR count). The Morgan fingerprint density at radius 1 is 1.13 bits per heavy atom. The van der Waals surface area contributed by atoms with Crippen LogP contribution in [0.25, 0.3) is 11.0 Å². The molecule has 0 aliphatic carbocycles. The van der Waals surface area contributed by atoms with E-state index in [0.717, 1.165) is 53.9 Å². The zero-order chi connectivity index (χ0) is 22.0. The minimum atomic E-state index is -0.483. The normalized spacial score (nSPS) is 15.3. The number of nitrogens with one attached hydrogen (secondary N) is 1. The topological polar surface area (TPSA) is 59.4 Å². The fourth-order valence-corrected chi connectivity index (χ4v) is 4.19. The van der Waals surface area contributed by atoms with Crippen LogP contribution >= 0.6 is 15.9 Å².